The van der Waals surface area contributed by atoms with E-state index in [2.05, 4.69) is 20.4 Å². The number of nitrogens with two attached hydrogens (primary N) is 1. The number of nitrogen functional groups attached to an aromatic ring is 1. The maximum atomic E-state index is 6.40. The van der Waals surface area contributed by atoms with Crippen molar-refractivity contribution in [2.75, 3.05) is 39.1 Å². The number of aryl methyl sites for hydroxylation is 2. The van der Waals surface area contributed by atoms with Crippen LogP contribution in [0.3, 0.4) is 0 Å². The van der Waals surface area contributed by atoms with Crippen LogP contribution in [0.1, 0.15) is 30.7 Å². The van der Waals surface area contributed by atoms with Gasteiger partial charge in [0.2, 0.25) is 0 Å². The molecule has 1 fully saturated rings. The number of benzene rings is 1. The Bertz CT molecular complexity index is 1040. The van der Waals surface area contributed by atoms with Crippen LogP contribution >= 0.6 is 23.2 Å². The van der Waals surface area contributed by atoms with E-state index in [-0.39, 0.29) is 10.8 Å². The number of anilines is 1. The number of nitrogens with one attached hydrogen (secondary N) is 1. The molecule has 0 aliphatic carbocycles. The van der Waals surface area contributed by atoms with Crippen molar-refractivity contribution in [1.82, 2.24) is 20.4 Å². The number of aromatic nitrogens is 3. The van der Waals surface area contributed by atoms with Gasteiger partial charge in [-0.1, -0.05) is 28.4 Å². The molecule has 1 aromatic carbocycles. The van der Waals surface area contributed by atoms with E-state index in [1.165, 1.54) is 12.8 Å². The van der Waals surface area contributed by atoms with Gasteiger partial charge in [0.05, 0.1) is 22.9 Å². The van der Waals surface area contributed by atoms with Gasteiger partial charge >= 0.3 is 0 Å². The van der Waals surface area contributed by atoms with E-state index in [0.717, 1.165) is 26.2 Å². The first-order valence-corrected chi connectivity index (χ1v) is 11.6. The van der Waals surface area contributed by atoms with Gasteiger partial charge in [-0.2, -0.15) is 0 Å². The summed E-state index contributed by atoms with van der Waals surface area (Å²) in [5.74, 6) is 1.77. The lowest BCUT2D eigenvalue weighted by Gasteiger charge is -2.12. The van der Waals surface area contributed by atoms with Crippen LogP contribution in [0.25, 0.3) is 22.6 Å². The summed E-state index contributed by atoms with van der Waals surface area (Å²) in [5, 5.41) is 7.77. The largest absolute Gasteiger partial charge is 0.494 e. The summed E-state index contributed by atoms with van der Waals surface area (Å²) < 4.78 is 16.0. The summed E-state index contributed by atoms with van der Waals surface area (Å²) in [6.07, 6.45) is 3.44. The van der Waals surface area contributed by atoms with Crippen molar-refractivity contribution in [2.24, 2.45) is 0 Å². The summed E-state index contributed by atoms with van der Waals surface area (Å²) in [5.41, 5.74) is 8.46. The molecule has 3 N–H and O–H groups in total. The number of nitrogens with zero attached hydrogens (tertiary/aromatic N) is 3. The highest BCUT2D eigenvalue weighted by atomic mass is 35.5. The Morgan fingerprint density at radius 2 is 1.91 bits per heavy atom. The van der Waals surface area contributed by atoms with Crippen molar-refractivity contribution < 1.29 is 14.0 Å². The van der Waals surface area contributed by atoms with E-state index < -0.39 is 0 Å². The van der Waals surface area contributed by atoms with Gasteiger partial charge in [0.25, 0.3) is 0 Å². The highest BCUT2D eigenvalue weighted by Gasteiger charge is 2.21. The number of hydrogen-bond acceptors (Lipinski definition) is 8. The lowest BCUT2D eigenvalue weighted by molar-refractivity contribution is 0.198. The van der Waals surface area contributed by atoms with Gasteiger partial charge in [0.15, 0.2) is 5.82 Å². The Balaban J connectivity index is 0.000000541. The van der Waals surface area contributed by atoms with Crippen molar-refractivity contribution in [1.29, 1.82) is 0 Å². The number of rotatable bonds is 7. The first-order chi connectivity index (χ1) is 15.9. The average Bonchev–Trinajstić information content (AvgIpc) is 3.48. The monoisotopic (exact) mass is 493 g/mol. The van der Waals surface area contributed by atoms with Crippen molar-refractivity contribution in [3.05, 3.63) is 39.7 Å². The zero-order valence-corrected chi connectivity index (χ0v) is 20.6. The van der Waals surface area contributed by atoms with Gasteiger partial charge in [-0.25, -0.2) is 9.97 Å². The Kier molecular flexibility index (Phi) is 9.31. The standard InChI is InChI=1S/C19H21Cl2N5O2.C4H8O/c1-10-15(11(2)28-26-10)17-16(21)18(22)25-19(24-17)13-9-12(5-6-14(13)20)27-8-4-7-23-3;1-2-4-5-3-1/h5-6,9,23H,4,7-8H2,1-3H3,(H2,22,24,25);1-4H2. The zero-order valence-electron chi connectivity index (χ0n) is 19.1. The number of halogens is 2. The molecule has 1 aliphatic rings. The SMILES string of the molecule is C1CCOC1.CNCCCOc1ccc(Cl)c(-c2nc(N)c(Cl)c(-c3c(C)noc3C)n2)c1. The highest BCUT2D eigenvalue weighted by Crippen LogP contribution is 2.37. The molecular formula is C23H29Cl2N5O3. The molecule has 2 aromatic heterocycles. The Hall–Kier alpha value is -2.39. The van der Waals surface area contributed by atoms with Crippen LogP contribution < -0.4 is 15.8 Å². The molecule has 3 heterocycles. The molecule has 33 heavy (non-hydrogen) atoms. The molecule has 0 bridgehead atoms. The second-order valence-corrected chi connectivity index (χ2v) is 8.35. The van der Waals surface area contributed by atoms with Crippen LogP contribution in [0, 0.1) is 13.8 Å². The Morgan fingerprint density at radius 1 is 1.15 bits per heavy atom. The summed E-state index contributed by atoms with van der Waals surface area (Å²) in [7, 11) is 1.90. The summed E-state index contributed by atoms with van der Waals surface area (Å²) in [6.45, 7) is 7.05. The number of hydrogen-bond donors (Lipinski definition) is 2. The summed E-state index contributed by atoms with van der Waals surface area (Å²) in [4.78, 5) is 8.92. The smallest absolute Gasteiger partial charge is 0.163 e. The van der Waals surface area contributed by atoms with Gasteiger partial charge in [-0.3, -0.25) is 0 Å². The van der Waals surface area contributed by atoms with Crippen LogP contribution in [0.15, 0.2) is 22.7 Å². The summed E-state index contributed by atoms with van der Waals surface area (Å²) in [6, 6.07) is 5.34. The molecule has 0 saturated carbocycles. The average molecular weight is 494 g/mol. The van der Waals surface area contributed by atoms with Crippen LogP contribution in [0.2, 0.25) is 10.0 Å². The molecule has 4 rings (SSSR count). The van der Waals surface area contributed by atoms with Gasteiger partial charge in [-0.05, 0) is 64.9 Å². The molecule has 10 heteroatoms. The third kappa shape index (κ3) is 6.57. The molecular weight excluding hydrogens is 465 g/mol. The zero-order chi connectivity index (χ0) is 23.8. The van der Waals surface area contributed by atoms with E-state index in [1.54, 1.807) is 25.1 Å². The van der Waals surface area contributed by atoms with Crippen LogP contribution in [-0.4, -0.2) is 48.5 Å². The second-order valence-electron chi connectivity index (χ2n) is 7.56. The normalized spacial score (nSPS) is 13.0. The molecule has 178 valence electrons. The van der Waals surface area contributed by atoms with Crippen LogP contribution in [-0.2, 0) is 4.74 Å². The molecule has 0 radical (unpaired) electrons. The molecule has 1 aliphatic heterocycles. The third-order valence-electron chi connectivity index (χ3n) is 4.99. The first-order valence-electron chi connectivity index (χ1n) is 10.8. The fourth-order valence-electron chi connectivity index (χ4n) is 3.29. The highest BCUT2D eigenvalue weighted by molar-refractivity contribution is 6.35. The van der Waals surface area contributed by atoms with Crippen molar-refractivity contribution in [3.63, 3.8) is 0 Å². The van der Waals surface area contributed by atoms with Crippen molar-refractivity contribution in [2.45, 2.75) is 33.1 Å². The predicted molar refractivity (Wildman–Crippen MR) is 131 cm³/mol. The van der Waals surface area contributed by atoms with E-state index in [9.17, 15) is 0 Å². The maximum Gasteiger partial charge on any atom is 0.163 e. The molecule has 3 aromatic rings. The fraction of sp³-hybridized carbons (Fsp3) is 0.435. The third-order valence-corrected chi connectivity index (χ3v) is 5.70. The molecule has 1 saturated heterocycles. The van der Waals surface area contributed by atoms with Gasteiger partial charge in [-0.15, -0.1) is 0 Å². The van der Waals surface area contributed by atoms with E-state index >= 15 is 0 Å². The maximum absolute atomic E-state index is 6.40. The van der Waals surface area contributed by atoms with Gasteiger partial charge < -0.3 is 25.0 Å². The lowest BCUT2D eigenvalue weighted by Crippen LogP contribution is -2.11. The first kappa shape index (κ1) is 25.2. The van der Waals surface area contributed by atoms with E-state index in [0.29, 0.717) is 51.5 Å². The lowest BCUT2D eigenvalue weighted by atomic mass is 10.1. The molecule has 0 unspecified atom stereocenters. The Labute approximate surface area is 203 Å². The van der Waals surface area contributed by atoms with E-state index in [4.69, 9.17) is 42.9 Å². The van der Waals surface area contributed by atoms with Crippen molar-refractivity contribution in [3.8, 4) is 28.4 Å². The molecule has 0 amide bonds. The summed E-state index contributed by atoms with van der Waals surface area (Å²) >= 11 is 12.8. The van der Waals surface area contributed by atoms with Crippen LogP contribution in [0.5, 0.6) is 5.75 Å². The van der Waals surface area contributed by atoms with Crippen molar-refractivity contribution >= 4 is 29.0 Å². The van der Waals surface area contributed by atoms with E-state index in [1.807, 2.05) is 14.0 Å². The molecule has 0 atom stereocenters. The van der Waals surface area contributed by atoms with Crippen LogP contribution in [0.4, 0.5) is 5.82 Å². The topological polar surface area (TPSA) is 108 Å². The molecule has 8 nitrogen and oxygen atoms in total. The Morgan fingerprint density at radius 3 is 2.52 bits per heavy atom. The fourth-order valence-corrected chi connectivity index (χ4v) is 3.67. The minimum Gasteiger partial charge on any atom is -0.494 e. The minimum absolute atomic E-state index is 0.151. The molecule has 0 spiro atoms. The minimum atomic E-state index is 0.151. The van der Waals surface area contributed by atoms with Gasteiger partial charge in [0.1, 0.15) is 28.0 Å². The predicted octanol–water partition coefficient (Wildman–Crippen LogP) is 5.09. The van der Waals surface area contributed by atoms with Gasteiger partial charge in [0, 0.05) is 18.8 Å². The number of ether oxygens (including phenoxy) is 2. The second kappa shape index (κ2) is 12.2. The quantitative estimate of drug-likeness (QED) is 0.438.